The van der Waals surface area contributed by atoms with Crippen molar-refractivity contribution in [3.05, 3.63) is 59.9 Å². The van der Waals surface area contributed by atoms with Crippen LogP contribution in [0.1, 0.15) is 24.3 Å². The van der Waals surface area contributed by atoms with Gasteiger partial charge in [-0.3, -0.25) is 4.98 Å². The Labute approximate surface area is 128 Å². The van der Waals surface area contributed by atoms with Gasteiger partial charge in [-0.05, 0) is 42.5 Å². The van der Waals surface area contributed by atoms with Crippen molar-refractivity contribution in [2.24, 2.45) is 0 Å². The monoisotopic (exact) mass is 298 g/mol. The maximum Gasteiger partial charge on any atom is 0.131 e. The summed E-state index contributed by atoms with van der Waals surface area (Å²) in [7, 11) is 0. The van der Waals surface area contributed by atoms with E-state index in [9.17, 15) is 0 Å². The highest BCUT2D eigenvalue weighted by molar-refractivity contribution is 6.29. The van der Waals surface area contributed by atoms with Gasteiger partial charge < -0.3 is 9.80 Å². The third-order valence-corrected chi connectivity index (χ3v) is 4.14. The number of nitrogens with zero attached hydrogens (tertiary/aromatic N) is 4. The second-order valence-electron chi connectivity index (χ2n) is 5.42. The minimum atomic E-state index is 0.513. The van der Waals surface area contributed by atoms with Crippen molar-refractivity contribution < 1.29 is 0 Å². The lowest BCUT2D eigenvalue weighted by atomic mass is 10.1. The van der Waals surface area contributed by atoms with E-state index in [2.05, 4.69) is 38.2 Å². The van der Waals surface area contributed by atoms with Crippen LogP contribution in [0, 0.1) is 0 Å². The molecule has 21 heavy (non-hydrogen) atoms. The molecule has 0 bridgehead atoms. The Hall–Kier alpha value is -2.07. The fourth-order valence-corrected chi connectivity index (χ4v) is 2.86. The fourth-order valence-electron chi connectivity index (χ4n) is 2.69. The molecule has 106 valence electrons. The average molecular weight is 299 g/mol. The number of hydrogen-bond acceptors (Lipinski definition) is 4. The summed E-state index contributed by atoms with van der Waals surface area (Å²) in [6, 6.07) is 5.98. The van der Waals surface area contributed by atoms with Gasteiger partial charge in [0.2, 0.25) is 0 Å². The zero-order valence-corrected chi connectivity index (χ0v) is 12.2. The van der Waals surface area contributed by atoms with Gasteiger partial charge in [-0.1, -0.05) is 11.6 Å². The molecule has 1 aliphatic carbocycles. The molecule has 5 heteroatoms. The van der Waals surface area contributed by atoms with Crippen LogP contribution in [-0.2, 0) is 0 Å². The number of pyridine rings is 2. The summed E-state index contributed by atoms with van der Waals surface area (Å²) in [5.41, 5.74) is 3.66. The minimum Gasteiger partial charge on any atom is -0.328 e. The first-order valence-corrected chi connectivity index (χ1v) is 7.46. The Bertz CT molecular complexity index is 696. The molecule has 0 aromatic carbocycles. The van der Waals surface area contributed by atoms with E-state index < -0.39 is 0 Å². The maximum atomic E-state index is 5.97. The molecule has 1 saturated carbocycles. The average Bonchev–Trinajstić information content (AvgIpc) is 3.24. The Balaban J connectivity index is 1.59. The lowest BCUT2D eigenvalue weighted by molar-refractivity contribution is 0.950. The molecule has 0 radical (unpaired) electrons. The Morgan fingerprint density at radius 3 is 2.76 bits per heavy atom. The standard InChI is InChI=1S/C16H15ClN4/c17-16-9-13(3-6-19-16)20-7-8-21(11-20)15-10-18-5-4-14(15)12-1-2-12/h3-10,12H,1-2,11H2. The molecule has 4 nitrogen and oxygen atoms in total. The number of hydrogen-bond donors (Lipinski definition) is 0. The molecule has 0 amide bonds. The fraction of sp³-hybridized carbons (Fsp3) is 0.250. The predicted molar refractivity (Wildman–Crippen MR) is 84.4 cm³/mol. The van der Waals surface area contributed by atoms with E-state index in [-0.39, 0.29) is 0 Å². The molecular weight excluding hydrogens is 284 g/mol. The van der Waals surface area contributed by atoms with Gasteiger partial charge >= 0.3 is 0 Å². The smallest absolute Gasteiger partial charge is 0.131 e. The van der Waals surface area contributed by atoms with Crippen LogP contribution in [0.25, 0.3) is 0 Å². The van der Waals surface area contributed by atoms with E-state index in [0.29, 0.717) is 11.1 Å². The van der Waals surface area contributed by atoms with Gasteiger partial charge in [-0.15, -0.1) is 0 Å². The van der Waals surface area contributed by atoms with Crippen LogP contribution in [0.5, 0.6) is 0 Å². The summed E-state index contributed by atoms with van der Waals surface area (Å²) < 4.78 is 0. The molecule has 2 aromatic heterocycles. The van der Waals surface area contributed by atoms with Crippen LogP contribution in [0.15, 0.2) is 49.2 Å². The molecule has 4 rings (SSSR count). The summed E-state index contributed by atoms with van der Waals surface area (Å²) in [4.78, 5) is 12.7. The quantitative estimate of drug-likeness (QED) is 0.808. The van der Waals surface area contributed by atoms with Gasteiger partial charge in [0, 0.05) is 30.5 Å². The highest BCUT2D eigenvalue weighted by Gasteiger charge is 2.28. The summed E-state index contributed by atoms with van der Waals surface area (Å²) in [5.74, 6) is 0.709. The number of anilines is 2. The SMILES string of the molecule is Clc1cc(N2C=CN(c3cnccc3C3CC3)C2)ccn1. The van der Waals surface area contributed by atoms with Crippen LogP contribution in [-0.4, -0.2) is 16.6 Å². The summed E-state index contributed by atoms with van der Waals surface area (Å²) in [5, 5.41) is 0.513. The molecule has 0 spiro atoms. The largest absolute Gasteiger partial charge is 0.328 e. The molecule has 0 atom stereocenters. The van der Waals surface area contributed by atoms with Gasteiger partial charge in [0.05, 0.1) is 18.6 Å². The van der Waals surface area contributed by atoms with Gasteiger partial charge in [0.1, 0.15) is 5.15 Å². The topological polar surface area (TPSA) is 32.3 Å². The minimum absolute atomic E-state index is 0.513. The van der Waals surface area contributed by atoms with Crippen molar-refractivity contribution in [1.29, 1.82) is 0 Å². The normalized spacial score (nSPS) is 17.6. The molecule has 1 fully saturated rings. The van der Waals surface area contributed by atoms with E-state index >= 15 is 0 Å². The summed E-state index contributed by atoms with van der Waals surface area (Å²) >= 11 is 5.97. The van der Waals surface area contributed by atoms with Crippen molar-refractivity contribution in [3.8, 4) is 0 Å². The van der Waals surface area contributed by atoms with Gasteiger partial charge in [0.25, 0.3) is 0 Å². The molecule has 0 saturated heterocycles. The van der Waals surface area contributed by atoms with E-state index in [1.54, 1.807) is 6.20 Å². The van der Waals surface area contributed by atoms with Crippen LogP contribution in [0.3, 0.4) is 0 Å². The molecule has 3 heterocycles. The van der Waals surface area contributed by atoms with Crippen molar-refractivity contribution in [3.63, 3.8) is 0 Å². The van der Waals surface area contributed by atoms with Crippen LogP contribution < -0.4 is 9.80 Å². The molecule has 0 N–H and O–H groups in total. The van der Waals surface area contributed by atoms with Crippen LogP contribution >= 0.6 is 11.6 Å². The van der Waals surface area contributed by atoms with E-state index in [0.717, 1.165) is 12.4 Å². The second-order valence-corrected chi connectivity index (χ2v) is 5.81. The molecule has 1 aliphatic heterocycles. The Morgan fingerprint density at radius 2 is 1.95 bits per heavy atom. The third kappa shape index (κ3) is 2.47. The highest BCUT2D eigenvalue weighted by atomic mass is 35.5. The van der Waals surface area contributed by atoms with Gasteiger partial charge in [-0.2, -0.15) is 0 Å². The second kappa shape index (κ2) is 5.04. The third-order valence-electron chi connectivity index (χ3n) is 3.93. The van der Waals surface area contributed by atoms with Crippen molar-refractivity contribution >= 4 is 23.0 Å². The van der Waals surface area contributed by atoms with Crippen LogP contribution in [0.2, 0.25) is 5.15 Å². The van der Waals surface area contributed by atoms with Gasteiger partial charge in [0.15, 0.2) is 0 Å². The Kier molecular flexibility index (Phi) is 3.04. The number of aromatic nitrogens is 2. The maximum absolute atomic E-state index is 5.97. The number of rotatable bonds is 3. The summed E-state index contributed by atoms with van der Waals surface area (Å²) in [6.45, 7) is 0.770. The van der Waals surface area contributed by atoms with Crippen molar-refractivity contribution in [2.45, 2.75) is 18.8 Å². The van der Waals surface area contributed by atoms with E-state index in [4.69, 9.17) is 11.6 Å². The first-order chi connectivity index (χ1) is 10.3. The predicted octanol–water partition coefficient (Wildman–Crippen LogP) is 3.76. The number of halogens is 1. The highest BCUT2D eigenvalue weighted by Crippen LogP contribution is 2.44. The molecular formula is C16H15ClN4. The van der Waals surface area contributed by atoms with Crippen molar-refractivity contribution in [1.82, 2.24) is 9.97 Å². The lowest BCUT2D eigenvalue weighted by Crippen LogP contribution is -2.25. The van der Waals surface area contributed by atoms with E-state index in [1.807, 2.05) is 24.5 Å². The molecule has 2 aliphatic rings. The first-order valence-electron chi connectivity index (χ1n) is 7.08. The Morgan fingerprint density at radius 1 is 1.10 bits per heavy atom. The van der Waals surface area contributed by atoms with Crippen molar-refractivity contribution in [2.75, 3.05) is 16.5 Å². The zero-order valence-electron chi connectivity index (χ0n) is 11.5. The van der Waals surface area contributed by atoms with Crippen LogP contribution in [0.4, 0.5) is 11.4 Å². The summed E-state index contributed by atoms with van der Waals surface area (Å²) in [6.07, 6.45) is 12.3. The molecule has 2 aromatic rings. The lowest BCUT2D eigenvalue weighted by Gasteiger charge is -2.23. The molecule has 0 unspecified atom stereocenters. The zero-order chi connectivity index (χ0) is 14.2. The van der Waals surface area contributed by atoms with E-state index in [1.165, 1.54) is 24.1 Å². The van der Waals surface area contributed by atoms with Gasteiger partial charge in [-0.25, -0.2) is 4.98 Å². The first kappa shape index (κ1) is 12.7.